The van der Waals surface area contributed by atoms with Crippen molar-refractivity contribution in [3.8, 4) is 0 Å². The Balaban J connectivity index is 3.11. The molecule has 0 aliphatic carbocycles. The van der Waals surface area contributed by atoms with Crippen LogP contribution in [0.25, 0.3) is 0 Å². The molecule has 1 aromatic carbocycles. The lowest BCUT2D eigenvalue weighted by molar-refractivity contribution is -0.136. The average molecular weight is 246 g/mol. The van der Waals surface area contributed by atoms with E-state index in [2.05, 4.69) is 0 Å². The molecule has 5 heteroatoms. The molecule has 17 heavy (non-hydrogen) atoms. The van der Waals surface area contributed by atoms with Crippen molar-refractivity contribution in [2.45, 2.75) is 26.4 Å². The van der Waals surface area contributed by atoms with Crippen LogP contribution in [0.15, 0.2) is 18.2 Å². The van der Waals surface area contributed by atoms with Gasteiger partial charge in [0.2, 0.25) is 0 Å². The van der Waals surface area contributed by atoms with Gasteiger partial charge in [0.25, 0.3) is 0 Å². The second-order valence-corrected chi connectivity index (χ2v) is 3.85. The van der Waals surface area contributed by atoms with E-state index in [0.29, 0.717) is 12.2 Å². The number of nitrogens with two attached hydrogens (primary N) is 1. The van der Waals surface area contributed by atoms with Crippen LogP contribution in [-0.4, -0.2) is 13.1 Å². The van der Waals surface area contributed by atoms with Crippen LogP contribution in [0.3, 0.4) is 0 Å². The van der Waals surface area contributed by atoms with Crippen molar-refractivity contribution in [3.63, 3.8) is 0 Å². The average Bonchev–Trinajstić information content (AvgIpc) is 2.25. The lowest BCUT2D eigenvalue weighted by Crippen LogP contribution is -2.24. The van der Waals surface area contributed by atoms with Crippen LogP contribution < -0.4 is 10.6 Å². The van der Waals surface area contributed by atoms with E-state index in [4.69, 9.17) is 5.73 Å². The number of hydrogen-bond donors (Lipinski definition) is 1. The third-order valence-electron chi connectivity index (χ3n) is 2.58. The Kier molecular flexibility index (Phi) is 4.26. The van der Waals surface area contributed by atoms with Crippen LogP contribution in [0.4, 0.5) is 24.5 Å². The number of benzene rings is 1. The predicted octanol–water partition coefficient (Wildman–Crippen LogP) is 3.52. The van der Waals surface area contributed by atoms with Gasteiger partial charge in [0.05, 0.1) is 5.56 Å². The quantitative estimate of drug-likeness (QED) is 0.823. The molecule has 0 bridgehead atoms. The molecule has 0 amide bonds. The molecule has 0 heterocycles. The monoisotopic (exact) mass is 246 g/mol. The summed E-state index contributed by atoms with van der Waals surface area (Å²) in [4.78, 5) is 1.90. The molecule has 1 rings (SSSR count). The second kappa shape index (κ2) is 5.29. The highest BCUT2D eigenvalue weighted by molar-refractivity contribution is 5.59. The molecule has 0 saturated heterocycles. The fourth-order valence-electron chi connectivity index (χ4n) is 1.73. The van der Waals surface area contributed by atoms with E-state index >= 15 is 0 Å². The van der Waals surface area contributed by atoms with E-state index in [-0.39, 0.29) is 5.69 Å². The molecule has 0 unspecified atom stereocenters. The molecule has 0 fully saturated rings. The van der Waals surface area contributed by atoms with Gasteiger partial charge in [-0.15, -0.1) is 0 Å². The largest absolute Gasteiger partial charge is 0.418 e. The fraction of sp³-hybridized carbons (Fsp3) is 0.500. The van der Waals surface area contributed by atoms with Gasteiger partial charge in [0.15, 0.2) is 0 Å². The van der Waals surface area contributed by atoms with Crippen LogP contribution in [0.1, 0.15) is 25.8 Å². The first kappa shape index (κ1) is 13.7. The van der Waals surface area contributed by atoms with Gasteiger partial charge in [-0.1, -0.05) is 6.92 Å². The van der Waals surface area contributed by atoms with Gasteiger partial charge in [0, 0.05) is 24.5 Å². The Morgan fingerprint density at radius 2 is 1.88 bits per heavy atom. The van der Waals surface area contributed by atoms with Crippen LogP contribution in [-0.2, 0) is 6.18 Å². The van der Waals surface area contributed by atoms with Crippen molar-refractivity contribution in [2.24, 2.45) is 0 Å². The van der Waals surface area contributed by atoms with Gasteiger partial charge < -0.3 is 10.6 Å². The lowest BCUT2D eigenvalue weighted by Gasteiger charge is -2.24. The Morgan fingerprint density at radius 3 is 2.35 bits per heavy atom. The first-order chi connectivity index (χ1) is 7.90. The van der Waals surface area contributed by atoms with E-state index in [1.807, 2.05) is 18.7 Å². The van der Waals surface area contributed by atoms with Gasteiger partial charge in [-0.25, -0.2) is 0 Å². The summed E-state index contributed by atoms with van der Waals surface area (Å²) in [7, 11) is 0. The van der Waals surface area contributed by atoms with Crippen molar-refractivity contribution in [3.05, 3.63) is 23.8 Å². The van der Waals surface area contributed by atoms with Crippen LogP contribution in [0.5, 0.6) is 0 Å². The second-order valence-electron chi connectivity index (χ2n) is 3.85. The standard InChI is InChI=1S/C12H17F3N2/c1-3-7-17(4-2)9-5-6-11(16)10(8-9)12(13,14)15/h5-6,8H,3-4,7,16H2,1-2H3. The normalized spacial score (nSPS) is 11.6. The molecule has 96 valence electrons. The molecule has 0 aliphatic heterocycles. The number of anilines is 2. The number of nitrogen functional groups attached to an aromatic ring is 1. The van der Waals surface area contributed by atoms with Gasteiger partial charge in [-0.3, -0.25) is 0 Å². The molecule has 0 aromatic heterocycles. The van der Waals surface area contributed by atoms with E-state index in [1.54, 1.807) is 6.07 Å². The van der Waals surface area contributed by atoms with Crippen molar-refractivity contribution < 1.29 is 13.2 Å². The molecule has 2 N–H and O–H groups in total. The molecular formula is C12H17F3N2. The van der Waals surface area contributed by atoms with E-state index in [1.165, 1.54) is 6.07 Å². The number of rotatable bonds is 4. The zero-order valence-corrected chi connectivity index (χ0v) is 10.0. The molecule has 1 aromatic rings. The highest BCUT2D eigenvalue weighted by atomic mass is 19.4. The van der Waals surface area contributed by atoms with Crippen molar-refractivity contribution in [1.29, 1.82) is 0 Å². The van der Waals surface area contributed by atoms with Crippen molar-refractivity contribution >= 4 is 11.4 Å². The molecule has 0 spiro atoms. The lowest BCUT2D eigenvalue weighted by atomic mass is 10.1. The van der Waals surface area contributed by atoms with Gasteiger partial charge in [0.1, 0.15) is 0 Å². The third kappa shape index (κ3) is 3.28. The Bertz CT molecular complexity index is 375. The summed E-state index contributed by atoms with van der Waals surface area (Å²) in [6.07, 6.45) is -3.51. The maximum absolute atomic E-state index is 12.7. The summed E-state index contributed by atoms with van der Waals surface area (Å²) >= 11 is 0. The van der Waals surface area contributed by atoms with Gasteiger partial charge in [-0.05, 0) is 31.5 Å². The summed E-state index contributed by atoms with van der Waals surface area (Å²) in [6, 6.07) is 4.06. The zero-order chi connectivity index (χ0) is 13.1. The molecule has 0 atom stereocenters. The van der Waals surface area contributed by atoms with Crippen molar-refractivity contribution in [1.82, 2.24) is 0 Å². The minimum absolute atomic E-state index is 0.228. The predicted molar refractivity (Wildman–Crippen MR) is 64.0 cm³/mol. The number of alkyl halides is 3. The fourth-order valence-corrected chi connectivity index (χ4v) is 1.73. The summed E-state index contributed by atoms with van der Waals surface area (Å²) in [6.45, 7) is 5.32. The van der Waals surface area contributed by atoms with E-state index in [0.717, 1.165) is 19.0 Å². The number of hydrogen-bond acceptors (Lipinski definition) is 2. The van der Waals surface area contributed by atoms with Crippen LogP contribution in [0.2, 0.25) is 0 Å². The molecule has 0 radical (unpaired) electrons. The summed E-state index contributed by atoms with van der Waals surface area (Å²) < 4.78 is 38.1. The van der Waals surface area contributed by atoms with E-state index < -0.39 is 11.7 Å². The summed E-state index contributed by atoms with van der Waals surface area (Å²) in [5.74, 6) is 0. The minimum Gasteiger partial charge on any atom is -0.398 e. The SMILES string of the molecule is CCCN(CC)c1ccc(N)c(C(F)(F)F)c1. The smallest absolute Gasteiger partial charge is 0.398 e. The van der Waals surface area contributed by atoms with Gasteiger partial charge in [-0.2, -0.15) is 13.2 Å². The molecular weight excluding hydrogens is 229 g/mol. The summed E-state index contributed by atoms with van der Waals surface area (Å²) in [5.41, 5.74) is 4.93. The maximum atomic E-state index is 12.7. The van der Waals surface area contributed by atoms with E-state index in [9.17, 15) is 13.2 Å². The first-order valence-electron chi connectivity index (χ1n) is 5.61. The van der Waals surface area contributed by atoms with Crippen LogP contribution >= 0.6 is 0 Å². The summed E-state index contributed by atoms with van der Waals surface area (Å²) in [5, 5.41) is 0. The number of nitrogens with zero attached hydrogens (tertiary/aromatic N) is 1. The number of halogens is 3. The third-order valence-corrected chi connectivity index (χ3v) is 2.58. The first-order valence-corrected chi connectivity index (χ1v) is 5.61. The van der Waals surface area contributed by atoms with Crippen LogP contribution in [0, 0.1) is 0 Å². The minimum atomic E-state index is -4.40. The Morgan fingerprint density at radius 1 is 1.24 bits per heavy atom. The van der Waals surface area contributed by atoms with Gasteiger partial charge >= 0.3 is 6.18 Å². The highest BCUT2D eigenvalue weighted by Crippen LogP contribution is 2.35. The molecule has 0 aliphatic rings. The Labute approximate surface area is 99.2 Å². The maximum Gasteiger partial charge on any atom is 0.418 e. The Hall–Kier alpha value is -1.39. The molecule has 2 nitrogen and oxygen atoms in total. The zero-order valence-electron chi connectivity index (χ0n) is 10.0. The van der Waals surface area contributed by atoms with Crippen molar-refractivity contribution in [2.75, 3.05) is 23.7 Å². The molecule has 0 saturated carbocycles. The topological polar surface area (TPSA) is 29.3 Å². The highest BCUT2D eigenvalue weighted by Gasteiger charge is 2.33.